The smallest absolute Gasteiger partial charge is 0.225 e. The van der Waals surface area contributed by atoms with E-state index >= 15 is 0 Å². The lowest BCUT2D eigenvalue weighted by molar-refractivity contribution is -0.135. The lowest BCUT2D eigenvalue weighted by Gasteiger charge is -2.33. The van der Waals surface area contributed by atoms with Gasteiger partial charge < -0.3 is 14.5 Å². The maximum absolute atomic E-state index is 12.5. The van der Waals surface area contributed by atoms with Gasteiger partial charge in [0, 0.05) is 25.2 Å². The molecule has 108 valence electrons. The lowest BCUT2D eigenvalue weighted by atomic mass is 10.0. The van der Waals surface area contributed by atoms with Crippen LogP contribution in [0.3, 0.4) is 0 Å². The highest BCUT2D eigenvalue weighted by atomic mass is 16.5. The number of rotatable bonds is 3. The largest absolute Gasteiger partial charge is 0.378 e. The van der Waals surface area contributed by atoms with Crippen LogP contribution in [0.4, 0.5) is 0 Å². The van der Waals surface area contributed by atoms with Crippen LogP contribution in [0.1, 0.15) is 44.9 Å². The van der Waals surface area contributed by atoms with Crippen molar-refractivity contribution in [1.29, 1.82) is 0 Å². The molecule has 0 aromatic carbocycles. The third-order valence-corrected chi connectivity index (χ3v) is 5.07. The Bertz CT molecular complexity index is 328. The zero-order chi connectivity index (χ0) is 13.2. The molecule has 0 unspecified atom stereocenters. The van der Waals surface area contributed by atoms with E-state index in [2.05, 4.69) is 16.8 Å². The Hall–Kier alpha value is -0.610. The van der Waals surface area contributed by atoms with Gasteiger partial charge >= 0.3 is 0 Å². The van der Waals surface area contributed by atoms with Crippen molar-refractivity contribution in [2.75, 3.05) is 26.7 Å². The van der Waals surface area contributed by atoms with Gasteiger partial charge in [-0.3, -0.25) is 4.79 Å². The van der Waals surface area contributed by atoms with Crippen molar-refractivity contribution in [2.24, 2.45) is 0 Å². The maximum Gasteiger partial charge on any atom is 0.225 e. The first-order valence-electron chi connectivity index (χ1n) is 7.87. The van der Waals surface area contributed by atoms with Crippen LogP contribution in [0.2, 0.25) is 0 Å². The number of likely N-dealkylation sites (N-methyl/N-ethyl adjacent to an activating group) is 1. The first kappa shape index (κ1) is 13.4. The minimum Gasteiger partial charge on any atom is -0.378 e. The summed E-state index contributed by atoms with van der Waals surface area (Å²) in [5, 5.41) is 0. The fourth-order valence-corrected chi connectivity index (χ4v) is 4.04. The lowest BCUT2D eigenvalue weighted by Crippen LogP contribution is -2.47. The predicted octanol–water partition coefficient (Wildman–Crippen LogP) is 1.64. The molecule has 3 heterocycles. The second kappa shape index (κ2) is 5.80. The normalized spacial score (nSPS) is 36.3. The third-order valence-electron chi connectivity index (χ3n) is 5.07. The average molecular weight is 266 g/mol. The zero-order valence-corrected chi connectivity index (χ0v) is 12.0. The fourth-order valence-electron chi connectivity index (χ4n) is 4.04. The van der Waals surface area contributed by atoms with Gasteiger partial charge in [0.15, 0.2) is 0 Å². The molecule has 3 atom stereocenters. The number of amides is 1. The van der Waals surface area contributed by atoms with Gasteiger partial charge in [-0.05, 0) is 52.1 Å². The number of carbonyl (C=O) groups excluding carboxylic acids is 1. The molecule has 19 heavy (non-hydrogen) atoms. The predicted molar refractivity (Wildman–Crippen MR) is 74.0 cm³/mol. The van der Waals surface area contributed by atoms with Crippen LogP contribution in [0.15, 0.2) is 0 Å². The monoisotopic (exact) mass is 266 g/mol. The minimum atomic E-state index is 0.190. The van der Waals surface area contributed by atoms with Gasteiger partial charge in [-0.15, -0.1) is 0 Å². The molecular weight excluding hydrogens is 240 g/mol. The van der Waals surface area contributed by atoms with Crippen LogP contribution in [0.25, 0.3) is 0 Å². The molecule has 3 aliphatic heterocycles. The summed E-state index contributed by atoms with van der Waals surface area (Å²) in [4.78, 5) is 17.1. The van der Waals surface area contributed by atoms with Gasteiger partial charge in [0.05, 0.1) is 12.5 Å². The van der Waals surface area contributed by atoms with E-state index in [0.29, 0.717) is 24.4 Å². The van der Waals surface area contributed by atoms with Crippen LogP contribution in [0.5, 0.6) is 0 Å². The summed E-state index contributed by atoms with van der Waals surface area (Å²) >= 11 is 0. The summed E-state index contributed by atoms with van der Waals surface area (Å²) in [6.07, 6.45) is 7.87. The molecule has 3 saturated heterocycles. The topological polar surface area (TPSA) is 32.8 Å². The molecule has 0 saturated carbocycles. The van der Waals surface area contributed by atoms with Crippen molar-refractivity contribution >= 4 is 5.91 Å². The second-order valence-electron chi connectivity index (χ2n) is 6.33. The number of carbonyl (C=O) groups is 1. The van der Waals surface area contributed by atoms with Crippen LogP contribution in [-0.4, -0.2) is 60.6 Å². The van der Waals surface area contributed by atoms with E-state index in [9.17, 15) is 4.79 Å². The van der Waals surface area contributed by atoms with Crippen molar-refractivity contribution < 1.29 is 9.53 Å². The number of hydrogen-bond acceptors (Lipinski definition) is 3. The third kappa shape index (κ3) is 2.79. The summed E-state index contributed by atoms with van der Waals surface area (Å²) in [5.41, 5.74) is 0. The molecule has 0 spiro atoms. The van der Waals surface area contributed by atoms with Crippen molar-refractivity contribution in [3.8, 4) is 0 Å². The van der Waals surface area contributed by atoms with Crippen molar-refractivity contribution in [3.05, 3.63) is 0 Å². The molecule has 0 aliphatic carbocycles. The summed E-state index contributed by atoms with van der Waals surface area (Å²) in [5.74, 6) is 0.328. The number of ether oxygens (including phenoxy) is 1. The fraction of sp³-hybridized carbons (Fsp3) is 0.933. The summed E-state index contributed by atoms with van der Waals surface area (Å²) < 4.78 is 5.61. The Labute approximate surface area is 116 Å². The van der Waals surface area contributed by atoms with E-state index in [1.54, 1.807) is 0 Å². The van der Waals surface area contributed by atoms with Gasteiger partial charge in [-0.25, -0.2) is 0 Å². The van der Waals surface area contributed by atoms with Gasteiger partial charge in [-0.1, -0.05) is 0 Å². The van der Waals surface area contributed by atoms with Crippen LogP contribution in [0, 0.1) is 0 Å². The molecule has 3 fully saturated rings. The molecular formula is C15H26N2O2. The van der Waals surface area contributed by atoms with Crippen LogP contribution < -0.4 is 0 Å². The SMILES string of the molecule is CN1CCC[C@@H]1[C@@H]1CCCN1C(=O)C[C@H]1CCCO1. The van der Waals surface area contributed by atoms with Crippen molar-refractivity contribution in [2.45, 2.75) is 63.1 Å². The highest BCUT2D eigenvalue weighted by molar-refractivity contribution is 5.77. The molecule has 0 aromatic rings. The first-order valence-corrected chi connectivity index (χ1v) is 7.87. The summed E-state index contributed by atoms with van der Waals surface area (Å²) in [7, 11) is 2.21. The van der Waals surface area contributed by atoms with E-state index in [4.69, 9.17) is 4.74 Å². The Kier molecular flexibility index (Phi) is 4.08. The van der Waals surface area contributed by atoms with E-state index < -0.39 is 0 Å². The second-order valence-corrected chi connectivity index (χ2v) is 6.33. The van der Waals surface area contributed by atoms with E-state index in [1.165, 1.54) is 32.2 Å². The highest BCUT2D eigenvalue weighted by Gasteiger charge is 2.38. The molecule has 4 heteroatoms. The Morgan fingerprint density at radius 1 is 1.11 bits per heavy atom. The van der Waals surface area contributed by atoms with Crippen LogP contribution >= 0.6 is 0 Å². The van der Waals surface area contributed by atoms with E-state index in [0.717, 1.165) is 26.0 Å². The Morgan fingerprint density at radius 2 is 1.89 bits per heavy atom. The molecule has 0 radical (unpaired) electrons. The Morgan fingerprint density at radius 3 is 2.58 bits per heavy atom. The van der Waals surface area contributed by atoms with Gasteiger partial charge in [0.1, 0.15) is 0 Å². The van der Waals surface area contributed by atoms with E-state index in [1.807, 2.05) is 0 Å². The van der Waals surface area contributed by atoms with Gasteiger partial charge in [-0.2, -0.15) is 0 Å². The molecule has 3 aliphatic rings. The quantitative estimate of drug-likeness (QED) is 0.778. The van der Waals surface area contributed by atoms with Crippen molar-refractivity contribution in [3.63, 3.8) is 0 Å². The van der Waals surface area contributed by atoms with Gasteiger partial charge in [0.25, 0.3) is 0 Å². The Balaban J connectivity index is 1.60. The first-order chi connectivity index (χ1) is 9.25. The summed E-state index contributed by atoms with van der Waals surface area (Å²) in [6, 6.07) is 1.05. The average Bonchev–Trinajstić information content (AvgIpc) is 3.07. The molecule has 1 amide bonds. The standard InChI is InChI=1S/C15H26N2O2/c1-16-8-2-6-13(16)14-7-3-9-17(14)15(18)11-12-5-4-10-19-12/h12-14H,2-11H2,1H3/t12-,13-,14+/m1/s1. The molecule has 0 aromatic heterocycles. The maximum atomic E-state index is 12.5. The molecule has 0 N–H and O–H groups in total. The zero-order valence-electron chi connectivity index (χ0n) is 12.0. The van der Waals surface area contributed by atoms with Crippen LogP contribution in [-0.2, 0) is 9.53 Å². The van der Waals surface area contributed by atoms with Crippen molar-refractivity contribution in [1.82, 2.24) is 9.80 Å². The highest BCUT2D eigenvalue weighted by Crippen LogP contribution is 2.30. The van der Waals surface area contributed by atoms with Gasteiger partial charge in [0.2, 0.25) is 5.91 Å². The molecule has 4 nitrogen and oxygen atoms in total. The summed E-state index contributed by atoms with van der Waals surface area (Å²) in [6.45, 7) is 2.99. The molecule has 3 rings (SSSR count). The number of likely N-dealkylation sites (tertiary alicyclic amines) is 2. The van der Waals surface area contributed by atoms with E-state index in [-0.39, 0.29) is 6.10 Å². The number of hydrogen-bond donors (Lipinski definition) is 0. The minimum absolute atomic E-state index is 0.190. The number of nitrogens with zero attached hydrogens (tertiary/aromatic N) is 2. The molecule has 0 bridgehead atoms.